The molecule has 2 aromatic rings. The fourth-order valence-corrected chi connectivity index (χ4v) is 2.68. The molecule has 1 N–H and O–H groups in total. The third-order valence-electron chi connectivity index (χ3n) is 2.73. The first-order chi connectivity index (χ1) is 9.19. The van der Waals surface area contributed by atoms with Gasteiger partial charge in [-0.2, -0.15) is 0 Å². The molecule has 0 amide bonds. The summed E-state index contributed by atoms with van der Waals surface area (Å²) in [6.45, 7) is 6.16. The summed E-state index contributed by atoms with van der Waals surface area (Å²) in [6.07, 6.45) is 1.68. The van der Waals surface area contributed by atoms with Crippen LogP contribution in [0.25, 0.3) is 0 Å². The van der Waals surface area contributed by atoms with Gasteiger partial charge in [-0.15, -0.1) is 0 Å². The highest BCUT2D eigenvalue weighted by atomic mass is 35.5. The Labute approximate surface area is 123 Å². The van der Waals surface area contributed by atoms with E-state index in [1.807, 2.05) is 12.1 Å². The van der Waals surface area contributed by atoms with Crippen LogP contribution in [0.1, 0.15) is 18.1 Å². The summed E-state index contributed by atoms with van der Waals surface area (Å²) in [6, 6.07) is 10.3. The van der Waals surface area contributed by atoms with Gasteiger partial charge in [0.2, 0.25) is 0 Å². The number of aryl methyl sites for hydroxylation is 1. The van der Waals surface area contributed by atoms with Gasteiger partial charge in [-0.05, 0) is 42.8 Å². The Morgan fingerprint density at radius 2 is 2.11 bits per heavy atom. The van der Waals surface area contributed by atoms with Crippen molar-refractivity contribution in [3.63, 3.8) is 0 Å². The molecule has 0 saturated carbocycles. The molecule has 4 heteroatoms. The van der Waals surface area contributed by atoms with Crippen LogP contribution >= 0.6 is 23.4 Å². The maximum atomic E-state index is 5.84. The van der Waals surface area contributed by atoms with Gasteiger partial charge in [0.1, 0.15) is 5.03 Å². The molecule has 0 unspecified atom stereocenters. The van der Waals surface area contributed by atoms with Crippen LogP contribution < -0.4 is 5.32 Å². The molecule has 0 bridgehead atoms. The van der Waals surface area contributed by atoms with Crippen molar-refractivity contribution in [2.45, 2.75) is 30.3 Å². The van der Waals surface area contributed by atoms with E-state index in [2.05, 4.69) is 42.3 Å². The first-order valence-corrected chi connectivity index (χ1v) is 7.48. The Morgan fingerprint density at radius 1 is 1.26 bits per heavy atom. The molecule has 0 aliphatic carbocycles. The molecule has 0 aliphatic rings. The first-order valence-electron chi connectivity index (χ1n) is 6.28. The molecule has 1 heterocycles. The average Bonchev–Trinajstić information content (AvgIpc) is 2.41. The van der Waals surface area contributed by atoms with Crippen LogP contribution in [-0.2, 0) is 6.54 Å². The van der Waals surface area contributed by atoms with Crippen LogP contribution in [-0.4, -0.2) is 11.5 Å². The zero-order chi connectivity index (χ0) is 13.7. The van der Waals surface area contributed by atoms with Gasteiger partial charge in [0.15, 0.2) is 0 Å². The highest BCUT2D eigenvalue weighted by Crippen LogP contribution is 2.29. The molecule has 0 spiro atoms. The first kappa shape index (κ1) is 14.4. The van der Waals surface area contributed by atoms with Gasteiger partial charge in [-0.3, -0.25) is 0 Å². The third-order valence-corrected chi connectivity index (χ3v) is 4.09. The lowest BCUT2D eigenvalue weighted by atomic mass is 10.1. The van der Waals surface area contributed by atoms with Gasteiger partial charge in [0.25, 0.3) is 0 Å². The Morgan fingerprint density at radius 3 is 2.74 bits per heavy atom. The minimum atomic E-state index is 0.669. The lowest BCUT2D eigenvalue weighted by Crippen LogP contribution is -2.11. The van der Waals surface area contributed by atoms with Crippen LogP contribution in [0.2, 0.25) is 5.02 Å². The van der Waals surface area contributed by atoms with Gasteiger partial charge < -0.3 is 5.32 Å². The zero-order valence-electron chi connectivity index (χ0n) is 11.1. The van der Waals surface area contributed by atoms with Crippen LogP contribution in [0, 0.1) is 6.92 Å². The quantitative estimate of drug-likeness (QED) is 0.889. The van der Waals surface area contributed by atoms with E-state index >= 15 is 0 Å². The molecule has 0 radical (unpaired) electrons. The second-order valence-electron chi connectivity index (χ2n) is 4.30. The van der Waals surface area contributed by atoms with Gasteiger partial charge >= 0.3 is 0 Å². The van der Waals surface area contributed by atoms with Crippen LogP contribution in [0.15, 0.2) is 46.5 Å². The summed E-state index contributed by atoms with van der Waals surface area (Å²) >= 11 is 7.50. The van der Waals surface area contributed by atoms with Gasteiger partial charge in [0.05, 0.1) is 5.02 Å². The van der Waals surface area contributed by atoms with Crippen molar-refractivity contribution in [2.24, 2.45) is 0 Å². The molecule has 100 valence electrons. The fraction of sp³-hybridized carbons (Fsp3) is 0.267. The topological polar surface area (TPSA) is 24.9 Å². The number of pyridine rings is 1. The van der Waals surface area contributed by atoms with Gasteiger partial charge in [0, 0.05) is 17.6 Å². The van der Waals surface area contributed by atoms with E-state index in [1.165, 1.54) is 16.0 Å². The monoisotopic (exact) mass is 292 g/mol. The van der Waals surface area contributed by atoms with E-state index in [9.17, 15) is 0 Å². The highest BCUT2D eigenvalue weighted by Gasteiger charge is 2.03. The van der Waals surface area contributed by atoms with Crippen molar-refractivity contribution in [3.8, 4) is 0 Å². The lowest BCUT2D eigenvalue weighted by Gasteiger charge is -2.08. The SMILES string of the molecule is CCNCc1ccc(Sc2ccc(Cl)cn2)c(C)c1. The van der Waals surface area contributed by atoms with E-state index < -0.39 is 0 Å². The second kappa shape index (κ2) is 6.94. The predicted octanol–water partition coefficient (Wildman–Crippen LogP) is 4.30. The molecule has 0 saturated heterocycles. The van der Waals surface area contributed by atoms with Crippen molar-refractivity contribution >= 4 is 23.4 Å². The Kier molecular flexibility index (Phi) is 5.25. The van der Waals surface area contributed by atoms with Crippen molar-refractivity contribution in [1.29, 1.82) is 0 Å². The highest BCUT2D eigenvalue weighted by molar-refractivity contribution is 7.99. The lowest BCUT2D eigenvalue weighted by molar-refractivity contribution is 0.726. The number of nitrogens with one attached hydrogen (secondary N) is 1. The number of nitrogens with zero attached hydrogens (tertiary/aromatic N) is 1. The molecule has 2 rings (SSSR count). The van der Waals surface area contributed by atoms with Crippen LogP contribution in [0.4, 0.5) is 0 Å². The maximum Gasteiger partial charge on any atom is 0.101 e. The van der Waals surface area contributed by atoms with Crippen molar-refractivity contribution < 1.29 is 0 Å². The predicted molar refractivity (Wildman–Crippen MR) is 81.9 cm³/mol. The standard InChI is InChI=1S/C15H17ClN2S/c1-3-17-9-12-4-6-14(11(2)8-12)19-15-7-5-13(16)10-18-15/h4-8,10,17H,3,9H2,1-2H3. The number of hydrogen-bond donors (Lipinski definition) is 1. The van der Waals surface area contributed by atoms with E-state index in [-0.39, 0.29) is 0 Å². The number of benzene rings is 1. The van der Waals surface area contributed by atoms with Crippen molar-refractivity contribution in [2.75, 3.05) is 6.54 Å². The second-order valence-corrected chi connectivity index (χ2v) is 5.80. The molecule has 0 fully saturated rings. The molecular formula is C15H17ClN2S. The minimum absolute atomic E-state index is 0.669. The Balaban J connectivity index is 2.10. The Bertz CT molecular complexity index is 540. The van der Waals surface area contributed by atoms with Gasteiger partial charge in [-0.25, -0.2) is 4.98 Å². The molecule has 0 atom stereocenters. The van der Waals surface area contributed by atoms with E-state index in [0.29, 0.717) is 5.02 Å². The smallest absolute Gasteiger partial charge is 0.101 e. The van der Waals surface area contributed by atoms with E-state index in [1.54, 1.807) is 18.0 Å². The molecule has 19 heavy (non-hydrogen) atoms. The third kappa shape index (κ3) is 4.23. The van der Waals surface area contributed by atoms with Crippen molar-refractivity contribution in [1.82, 2.24) is 10.3 Å². The number of rotatable bonds is 5. The summed E-state index contributed by atoms with van der Waals surface area (Å²) < 4.78 is 0. The van der Waals surface area contributed by atoms with Crippen LogP contribution in [0.3, 0.4) is 0 Å². The summed E-state index contributed by atoms with van der Waals surface area (Å²) in [7, 11) is 0. The molecule has 2 nitrogen and oxygen atoms in total. The molecule has 1 aromatic heterocycles. The maximum absolute atomic E-state index is 5.84. The van der Waals surface area contributed by atoms with E-state index in [0.717, 1.165) is 18.1 Å². The number of hydrogen-bond acceptors (Lipinski definition) is 3. The number of halogens is 1. The largest absolute Gasteiger partial charge is 0.313 e. The summed E-state index contributed by atoms with van der Waals surface area (Å²) in [5, 5.41) is 4.97. The fourth-order valence-electron chi connectivity index (χ4n) is 1.74. The molecule has 1 aromatic carbocycles. The summed E-state index contributed by atoms with van der Waals surface area (Å²) in [4.78, 5) is 5.54. The summed E-state index contributed by atoms with van der Waals surface area (Å²) in [5.74, 6) is 0. The Hall–Kier alpha value is -1.03. The summed E-state index contributed by atoms with van der Waals surface area (Å²) in [5.41, 5.74) is 2.59. The molecular weight excluding hydrogens is 276 g/mol. The zero-order valence-corrected chi connectivity index (χ0v) is 12.7. The number of aromatic nitrogens is 1. The van der Waals surface area contributed by atoms with E-state index in [4.69, 9.17) is 11.6 Å². The minimum Gasteiger partial charge on any atom is -0.313 e. The van der Waals surface area contributed by atoms with Crippen LogP contribution in [0.5, 0.6) is 0 Å². The van der Waals surface area contributed by atoms with Gasteiger partial charge in [-0.1, -0.05) is 42.4 Å². The van der Waals surface area contributed by atoms with Crippen molar-refractivity contribution in [3.05, 3.63) is 52.7 Å². The molecule has 0 aliphatic heterocycles. The normalized spacial score (nSPS) is 10.7. The average molecular weight is 293 g/mol.